The van der Waals surface area contributed by atoms with Gasteiger partial charge >= 0.3 is 0 Å². The number of imidazole rings is 1. The minimum Gasteiger partial charge on any atom is -0.350 e. The van der Waals surface area contributed by atoms with E-state index in [-0.39, 0.29) is 5.91 Å². The van der Waals surface area contributed by atoms with Gasteiger partial charge in [0.15, 0.2) is 0 Å². The fraction of sp³-hybridized carbons (Fsp3) is 0.429. The highest BCUT2D eigenvalue weighted by Crippen LogP contribution is 2.28. The summed E-state index contributed by atoms with van der Waals surface area (Å²) >= 11 is 0. The largest absolute Gasteiger partial charge is 0.350 e. The third-order valence-corrected chi connectivity index (χ3v) is 5.65. The van der Waals surface area contributed by atoms with Crippen molar-refractivity contribution in [3.05, 3.63) is 53.2 Å². The fourth-order valence-electron chi connectivity index (χ4n) is 4.17. The first kappa shape index (κ1) is 16.9. The molecular weight excluding hydrogens is 324 g/mol. The Morgan fingerprint density at radius 1 is 1.23 bits per heavy atom. The lowest BCUT2D eigenvalue weighted by molar-refractivity contribution is 0.0677. The number of benzene rings is 1. The highest BCUT2D eigenvalue weighted by molar-refractivity contribution is 6.01. The SMILES string of the molecule is Cc1cc(C)c2[nH]c(C(=O)N3CCC(Cn4ccnc4)CC3)c(C)c2c1. The van der Waals surface area contributed by atoms with Crippen molar-refractivity contribution in [1.29, 1.82) is 0 Å². The van der Waals surface area contributed by atoms with E-state index in [2.05, 4.69) is 47.4 Å². The van der Waals surface area contributed by atoms with Crippen molar-refractivity contribution in [2.24, 2.45) is 5.92 Å². The van der Waals surface area contributed by atoms with Crippen LogP contribution in [0.5, 0.6) is 0 Å². The Balaban J connectivity index is 1.49. The van der Waals surface area contributed by atoms with Gasteiger partial charge in [0.25, 0.3) is 5.91 Å². The van der Waals surface area contributed by atoms with E-state index >= 15 is 0 Å². The van der Waals surface area contributed by atoms with Crippen molar-refractivity contribution >= 4 is 16.8 Å². The third-order valence-electron chi connectivity index (χ3n) is 5.65. The molecule has 5 heteroatoms. The van der Waals surface area contributed by atoms with E-state index in [0.717, 1.165) is 49.2 Å². The highest BCUT2D eigenvalue weighted by atomic mass is 16.2. The van der Waals surface area contributed by atoms with Gasteiger partial charge in [0.05, 0.1) is 6.33 Å². The second-order valence-corrected chi connectivity index (χ2v) is 7.62. The first-order valence-electron chi connectivity index (χ1n) is 9.37. The first-order chi connectivity index (χ1) is 12.5. The Bertz CT molecular complexity index is 931. The molecule has 0 spiro atoms. The summed E-state index contributed by atoms with van der Waals surface area (Å²) in [4.78, 5) is 22.6. The third kappa shape index (κ3) is 3.02. The first-order valence-corrected chi connectivity index (χ1v) is 9.37. The summed E-state index contributed by atoms with van der Waals surface area (Å²) in [6.07, 6.45) is 7.79. The maximum Gasteiger partial charge on any atom is 0.270 e. The zero-order valence-corrected chi connectivity index (χ0v) is 15.7. The molecule has 0 saturated carbocycles. The molecule has 3 heterocycles. The number of H-pyrrole nitrogens is 1. The molecule has 1 aliphatic rings. The van der Waals surface area contributed by atoms with Gasteiger partial charge < -0.3 is 14.5 Å². The number of aryl methyl sites for hydroxylation is 3. The molecule has 1 N–H and O–H groups in total. The molecule has 0 radical (unpaired) electrons. The van der Waals surface area contributed by atoms with E-state index in [9.17, 15) is 4.79 Å². The van der Waals surface area contributed by atoms with Crippen molar-refractivity contribution in [2.75, 3.05) is 13.1 Å². The van der Waals surface area contributed by atoms with Gasteiger partial charge in [-0.3, -0.25) is 4.79 Å². The van der Waals surface area contributed by atoms with Gasteiger partial charge in [-0.05, 0) is 56.7 Å². The van der Waals surface area contributed by atoms with Gasteiger partial charge in [0.1, 0.15) is 5.69 Å². The number of fused-ring (bicyclic) bond motifs is 1. The lowest BCUT2D eigenvalue weighted by Crippen LogP contribution is -2.39. The molecule has 1 aliphatic heterocycles. The predicted molar refractivity (Wildman–Crippen MR) is 103 cm³/mol. The minimum atomic E-state index is 0.136. The molecule has 4 rings (SSSR count). The second-order valence-electron chi connectivity index (χ2n) is 7.62. The molecule has 1 saturated heterocycles. The number of aromatic amines is 1. The van der Waals surface area contributed by atoms with Crippen LogP contribution in [0.15, 0.2) is 30.9 Å². The van der Waals surface area contributed by atoms with Gasteiger partial charge in [-0.1, -0.05) is 11.6 Å². The molecule has 1 aromatic carbocycles. The van der Waals surface area contributed by atoms with Crippen molar-refractivity contribution in [2.45, 2.75) is 40.2 Å². The number of carbonyl (C=O) groups excluding carboxylic acids is 1. The second kappa shape index (κ2) is 6.63. The molecular formula is C21H26N4O. The van der Waals surface area contributed by atoms with Crippen LogP contribution in [0.1, 0.15) is 40.0 Å². The lowest BCUT2D eigenvalue weighted by Gasteiger charge is -2.32. The number of carbonyl (C=O) groups is 1. The van der Waals surface area contributed by atoms with E-state index in [4.69, 9.17) is 0 Å². The smallest absolute Gasteiger partial charge is 0.270 e. The van der Waals surface area contributed by atoms with Crippen molar-refractivity contribution in [1.82, 2.24) is 19.4 Å². The van der Waals surface area contributed by atoms with Gasteiger partial charge in [0, 0.05) is 42.9 Å². The van der Waals surface area contributed by atoms with Crippen LogP contribution in [0, 0.1) is 26.7 Å². The Labute approximate surface area is 154 Å². The average molecular weight is 350 g/mol. The molecule has 1 amide bonds. The number of hydrogen-bond donors (Lipinski definition) is 1. The summed E-state index contributed by atoms with van der Waals surface area (Å²) in [6.45, 7) is 8.89. The van der Waals surface area contributed by atoms with E-state index in [1.165, 1.54) is 16.5 Å². The van der Waals surface area contributed by atoms with Gasteiger partial charge in [-0.15, -0.1) is 0 Å². The standard InChI is InChI=1S/C21H26N4O/c1-14-10-15(2)19-18(11-14)16(3)20(23-19)21(26)25-7-4-17(5-8-25)12-24-9-6-22-13-24/h6,9-11,13,17,23H,4-5,7-8,12H2,1-3H3. The molecule has 26 heavy (non-hydrogen) atoms. The minimum absolute atomic E-state index is 0.136. The summed E-state index contributed by atoms with van der Waals surface area (Å²) < 4.78 is 2.13. The molecule has 0 aliphatic carbocycles. The van der Waals surface area contributed by atoms with Gasteiger partial charge in [-0.2, -0.15) is 0 Å². The number of rotatable bonds is 3. The van der Waals surface area contributed by atoms with Crippen LogP contribution in [0.25, 0.3) is 10.9 Å². The normalized spacial score (nSPS) is 15.7. The average Bonchev–Trinajstić information content (AvgIpc) is 3.24. The van der Waals surface area contributed by atoms with Gasteiger partial charge in [-0.25, -0.2) is 4.98 Å². The summed E-state index contributed by atoms with van der Waals surface area (Å²) in [6, 6.07) is 4.33. The fourth-order valence-corrected chi connectivity index (χ4v) is 4.17. The molecule has 3 aromatic rings. The van der Waals surface area contributed by atoms with Crippen LogP contribution < -0.4 is 0 Å². The van der Waals surface area contributed by atoms with Crippen LogP contribution in [0.2, 0.25) is 0 Å². The summed E-state index contributed by atoms with van der Waals surface area (Å²) in [5.41, 5.74) is 5.34. The highest BCUT2D eigenvalue weighted by Gasteiger charge is 2.26. The van der Waals surface area contributed by atoms with Crippen molar-refractivity contribution in [3.8, 4) is 0 Å². The molecule has 1 fully saturated rings. The molecule has 0 bridgehead atoms. The summed E-state index contributed by atoms with van der Waals surface area (Å²) in [5.74, 6) is 0.749. The Morgan fingerprint density at radius 3 is 2.69 bits per heavy atom. The van der Waals surface area contributed by atoms with E-state index in [1.807, 2.05) is 23.6 Å². The molecule has 5 nitrogen and oxygen atoms in total. The Hall–Kier alpha value is -2.56. The van der Waals surface area contributed by atoms with E-state index < -0.39 is 0 Å². The molecule has 0 atom stereocenters. The van der Waals surface area contributed by atoms with E-state index in [0.29, 0.717) is 5.92 Å². The molecule has 136 valence electrons. The monoisotopic (exact) mass is 350 g/mol. The van der Waals surface area contributed by atoms with Crippen LogP contribution >= 0.6 is 0 Å². The van der Waals surface area contributed by atoms with Crippen molar-refractivity contribution in [3.63, 3.8) is 0 Å². The summed E-state index contributed by atoms with van der Waals surface area (Å²) in [7, 11) is 0. The van der Waals surface area contributed by atoms with E-state index in [1.54, 1.807) is 0 Å². The Morgan fingerprint density at radius 2 is 2.00 bits per heavy atom. The quantitative estimate of drug-likeness (QED) is 0.780. The molecule has 0 unspecified atom stereocenters. The Kier molecular flexibility index (Phi) is 4.31. The number of aromatic nitrogens is 3. The maximum absolute atomic E-state index is 13.1. The van der Waals surface area contributed by atoms with Crippen LogP contribution in [-0.2, 0) is 6.54 Å². The molecule has 2 aromatic heterocycles. The number of nitrogens with one attached hydrogen (secondary N) is 1. The number of amides is 1. The topological polar surface area (TPSA) is 53.9 Å². The van der Waals surface area contributed by atoms with Crippen LogP contribution in [0.4, 0.5) is 0 Å². The number of hydrogen-bond acceptors (Lipinski definition) is 2. The summed E-state index contributed by atoms with van der Waals surface area (Å²) in [5, 5.41) is 1.17. The number of piperidine rings is 1. The number of nitrogens with zero attached hydrogens (tertiary/aromatic N) is 3. The number of likely N-dealkylation sites (tertiary alicyclic amines) is 1. The van der Waals surface area contributed by atoms with Crippen LogP contribution in [0.3, 0.4) is 0 Å². The predicted octanol–water partition coefficient (Wildman–Crippen LogP) is 3.84. The van der Waals surface area contributed by atoms with Gasteiger partial charge in [0.2, 0.25) is 0 Å². The van der Waals surface area contributed by atoms with Crippen LogP contribution in [-0.4, -0.2) is 38.4 Å². The zero-order valence-electron chi connectivity index (χ0n) is 15.7. The zero-order chi connectivity index (χ0) is 18.3. The lowest BCUT2D eigenvalue weighted by atomic mass is 9.96. The maximum atomic E-state index is 13.1. The van der Waals surface area contributed by atoms with Crippen molar-refractivity contribution < 1.29 is 4.79 Å².